The quantitative estimate of drug-likeness (QED) is 0.322. The summed E-state index contributed by atoms with van der Waals surface area (Å²) in [6.45, 7) is 13.1. The standard InChI is InChI=1S/C17H30N2O4/c1-13(2)17(21)23-12-10-19-15(5)7-6-8-16(20)22-11-9-18-14(3)4/h6,8,14-15,18-19H,1,7,9-12H2,2-5H3/b8-6+. The lowest BCUT2D eigenvalue weighted by Gasteiger charge is -2.11. The van der Waals surface area contributed by atoms with Gasteiger partial charge >= 0.3 is 11.9 Å². The second kappa shape index (κ2) is 12.8. The first kappa shape index (κ1) is 21.3. The lowest BCUT2D eigenvalue weighted by molar-refractivity contribution is -0.139. The summed E-state index contributed by atoms with van der Waals surface area (Å²) in [6, 6.07) is 0.552. The van der Waals surface area contributed by atoms with E-state index in [1.54, 1.807) is 13.0 Å². The highest BCUT2D eigenvalue weighted by Crippen LogP contribution is 1.95. The Bertz CT molecular complexity index is 405. The van der Waals surface area contributed by atoms with Gasteiger partial charge in [-0.3, -0.25) is 0 Å². The molecule has 0 amide bonds. The molecule has 2 N–H and O–H groups in total. The second-order valence-electron chi connectivity index (χ2n) is 5.69. The molecule has 0 aromatic rings. The van der Waals surface area contributed by atoms with Crippen LogP contribution < -0.4 is 10.6 Å². The van der Waals surface area contributed by atoms with Crippen LogP contribution in [0.15, 0.2) is 24.3 Å². The summed E-state index contributed by atoms with van der Waals surface area (Å²) >= 11 is 0. The molecule has 0 saturated carbocycles. The van der Waals surface area contributed by atoms with E-state index < -0.39 is 0 Å². The molecule has 0 bridgehead atoms. The third-order valence-corrected chi connectivity index (χ3v) is 2.82. The maximum Gasteiger partial charge on any atom is 0.333 e. The molecule has 0 aliphatic carbocycles. The summed E-state index contributed by atoms with van der Waals surface area (Å²) in [7, 11) is 0. The smallest absolute Gasteiger partial charge is 0.333 e. The van der Waals surface area contributed by atoms with E-state index >= 15 is 0 Å². The first-order chi connectivity index (χ1) is 10.8. The molecule has 132 valence electrons. The van der Waals surface area contributed by atoms with Crippen molar-refractivity contribution in [1.82, 2.24) is 10.6 Å². The fourth-order valence-electron chi connectivity index (χ4n) is 1.57. The van der Waals surface area contributed by atoms with Gasteiger partial charge in [-0.15, -0.1) is 0 Å². The molecule has 0 heterocycles. The van der Waals surface area contributed by atoms with E-state index in [1.165, 1.54) is 6.08 Å². The summed E-state index contributed by atoms with van der Waals surface area (Å²) < 4.78 is 10.0. The Morgan fingerprint density at radius 3 is 2.30 bits per heavy atom. The zero-order chi connectivity index (χ0) is 17.7. The van der Waals surface area contributed by atoms with Crippen LogP contribution in [0.4, 0.5) is 0 Å². The van der Waals surface area contributed by atoms with E-state index in [-0.39, 0.29) is 18.0 Å². The lowest BCUT2D eigenvalue weighted by atomic mass is 10.2. The topological polar surface area (TPSA) is 76.7 Å². The number of rotatable bonds is 12. The SMILES string of the molecule is C=C(C)C(=O)OCCNC(C)C/C=C/C(=O)OCCNC(C)C. The monoisotopic (exact) mass is 326 g/mol. The molecular weight excluding hydrogens is 296 g/mol. The Hall–Kier alpha value is -1.66. The van der Waals surface area contributed by atoms with Gasteiger partial charge in [-0.1, -0.05) is 26.5 Å². The van der Waals surface area contributed by atoms with Crippen LogP contribution in [0.5, 0.6) is 0 Å². The van der Waals surface area contributed by atoms with Crippen molar-refractivity contribution in [2.45, 2.75) is 46.2 Å². The van der Waals surface area contributed by atoms with Crippen LogP contribution in [0.2, 0.25) is 0 Å². The molecule has 0 saturated heterocycles. The predicted molar refractivity (Wildman–Crippen MR) is 91.1 cm³/mol. The Balaban J connectivity index is 3.67. The van der Waals surface area contributed by atoms with Crippen LogP contribution in [0.25, 0.3) is 0 Å². The number of ether oxygens (including phenoxy) is 2. The minimum Gasteiger partial charge on any atom is -0.461 e. The molecule has 0 aromatic heterocycles. The average molecular weight is 326 g/mol. The number of esters is 2. The highest BCUT2D eigenvalue weighted by Gasteiger charge is 2.04. The number of hydrogen-bond acceptors (Lipinski definition) is 6. The molecule has 0 aliphatic rings. The van der Waals surface area contributed by atoms with E-state index in [4.69, 9.17) is 9.47 Å². The predicted octanol–water partition coefficient (Wildman–Crippen LogP) is 1.57. The first-order valence-corrected chi connectivity index (χ1v) is 7.95. The van der Waals surface area contributed by atoms with Gasteiger partial charge in [-0.25, -0.2) is 9.59 Å². The molecule has 6 heteroatoms. The van der Waals surface area contributed by atoms with Crippen molar-refractivity contribution in [2.24, 2.45) is 0 Å². The largest absolute Gasteiger partial charge is 0.461 e. The van der Waals surface area contributed by atoms with Crippen LogP contribution in [-0.2, 0) is 19.1 Å². The Kier molecular flexibility index (Phi) is 11.9. The van der Waals surface area contributed by atoms with E-state index in [0.29, 0.717) is 44.3 Å². The third-order valence-electron chi connectivity index (χ3n) is 2.82. The molecule has 0 aliphatic heterocycles. The third kappa shape index (κ3) is 13.7. The van der Waals surface area contributed by atoms with Gasteiger partial charge in [0.2, 0.25) is 0 Å². The number of hydrogen-bond donors (Lipinski definition) is 2. The van der Waals surface area contributed by atoms with E-state index in [2.05, 4.69) is 17.2 Å². The van der Waals surface area contributed by atoms with E-state index in [9.17, 15) is 9.59 Å². The zero-order valence-electron chi connectivity index (χ0n) is 14.7. The van der Waals surface area contributed by atoms with Crippen LogP contribution in [0.3, 0.4) is 0 Å². The van der Waals surface area contributed by atoms with E-state index in [0.717, 1.165) is 0 Å². The minimum atomic E-state index is -0.381. The molecule has 1 unspecified atom stereocenters. The zero-order valence-corrected chi connectivity index (χ0v) is 14.7. The van der Waals surface area contributed by atoms with Crippen molar-refractivity contribution in [3.05, 3.63) is 24.3 Å². The first-order valence-electron chi connectivity index (χ1n) is 7.95. The van der Waals surface area contributed by atoms with Crippen molar-refractivity contribution < 1.29 is 19.1 Å². The van der Waals surface area contributed by atoms with Crippen molar-refractivity contribution in [3.63, 3.8) is 0 Å². The fourth-order valence-corrected chi connectivity index (χ4v) is 1.57. The Morgan fingerprint density at radius 1 is 1.09 bits per heavy atom. The molecule has 0 aromatic carbocycles. The summed E-state index contributed by atoms with van der Waals surface area (Å²) in [6.07, 6.45) is 3.90. The molecule has 0 fully saturated rings. The molecule has 0 spiro atoms. The van der Waals surface area contributed by atoms with Gasteiger partial charge in [0.15, 0.2) is 0 Å². The summed E-state index contributed by atoms with van der Waals surface area (Å²) in [5, 5.41) is 6.36. The van der Waals surface area contributed by atoms with Crippen LogP contribution in [-0.4, -0.2) is 50.3 Å². The van der Waals surface area contributed by atoms with Crippen LogP contribution >= 0.6 is 0 Å². The highest BCUT2D eigenvalue weighted by molar-refractivity contribution is 5.86. The summed E-state index contributed by atoms with van der Waals surface area (Å²) in [5.41, 5.74) is 0.392. The summed E-state index contributed by atoms with van der Waals surface area (Å²) in [5.74, 6) is -0.716. The van der Waals surface area contributed by atoms with Crippen molar-refractivity contribution in [3.8, 4) is 0 Å². The Labute approximate surface area is 139 Å². The van der Waals surface area contributed by atoms with Crippen molar-refractivity contribution in [2.75, 3.05) is 26.3 Å². The number of carbonyl (C=O) groups is 2. The highest BCUT2D eigenvalue weighted by atomic mass is 16.5. The van der Waals surface area contributed by atoms with Gasteiger partial charge in [-0.05, 0) is 20.3 Å². The Morgan fingerprint density at radius 2 is 1.70 bits per heavy atom. The van der Waals surface area contributed by atoms with Crippen LogP contribution in [0.1, 0.15) is 34.1 Å². The maximum atomic E-state index is 11.4. The number of nitrogens with one attached hydrogen (secondary N) is 2. The average Bonchev–Trinajstić information content (AvgIpc) is 2.47. The molecular formula is C17H30N2O4. The summed E-state index contributed by atoms with van der Waals surface area (Å²) in [4.78, 5) is 22.6. The fraction of sp³-hybridized carbons (Fsp3) is 0.647. The molecule has 0 radical (unpaired) electrons. The van der Waals surface area contributed by atoms with E-state index in [1.807, 2.05) is 20.8 Å². The second-order valence-corrected chi connectivity index (χ2v) is 5.69. The van der Waals surface area contributed by atoms with Gasteiger partial charge in [0, 0.05) is 36.8 Å². The molecule has 0 rings (SSSR count). The number of carbonyl (C=O) groups excluding carboxylic acids is 2. The van der Waals surface area contributed by atoms with Crippen molar-refractivity contribution in [1.29, 1.82) is 0 Å². The maximum absolute atomic E-state index is 11.4. The van der Waals surface area contributed by atoms with Crippen LogP contribution in [0, 0.1) is 0 Å². The van der Waals surface area contributed by atoms with Gasteiger partial charge in [0.05, 0.1) is 0 Å². The molecule has 6 nitrogen and oxygen atoms in total. The van der Waals surface area contributed by atoms with Gasteiger partial charge in [0.25, 0.3) is 0 Å². The lowest BCUT2D eigenvalue weighted by Crippen LogP contribution is -2.29. The van der Waals surface area contributed by atoms with Gasteiger partial charge < -0.3 is 20.1 Å². The normalized spacial score (nSPS) is 12.4. The van der Waals surface area contributed by atoms with Gasteiger partial charge in [-0.2, -0.15) is 0 Å². The molecule has 1 atom stereocenters. The van der Waals surface area contributed by atoms with Crippen molar-refractivity contribution >= 4 is 11.9 Å². The molecule has 23 heavy (non-hydrogen) atoms. The minimum absolute atomic E-state index is 0.171. The van der Waals surface area contributed by atoms with Gasteiger partial charge in [0.1, 0.15) is 13.2 Å².